The zero-order valence-electron chi connectivity index (χ0n) is 15.9. The predicted molar refractivity (Wildman–Crippen MR) is 110 cm³/mol. The van der Waals surface area contributed by atoms with E-state index in [-0.39, 0.29) is 23.8 Å². The third-order valence-electron chi connectivity index (χ3n) is 4.59. The number of benzene rings is 2. The third-order valence-corrected chi connectivity index (χ3v) is 6.39. The normalized spacial score (nSPS) is 14.4. The van der Waals surface area contributed by atoms with E-state index in [0.29, 0.717) is 6.42 Å². The minimum Gasteiger partial charge on any atom is -0.295 e. The Bertz CT molecular complexity index is 1030. The zero-order valence-corrected chi connectivity index (χ0v) is 16.7. The highest BCUT2D eigenvalue weighted by molar-refractivity contribution is 7.89. The smallest absolute Gasteiger partial charge is 0.244 e. The number of hydrogen-bond acceptors (Lipinski definition) is 3. The van der Waals surface area contributed by atoms with Crippen LogP contribution in [0.4, 0.5) is 0 Å². The van der Waals surface area contributed by atoms with Gasteiger partial charge in [0.05, 0.1) is 11.4 Å². The first-order chi connectivity index (χ1) is 13.4. The quantitative estimate of drug-likeness (QED) is 0.728. The van der Waals surface area contributed by atoms with Crippen molar-refractivity contribution in [1.29, 1.82) is 0 Å². The monoisotopic (exact) mass is 393 g/mol. The molecule has 0 N–H and O–H groups in total. The summed E-state index contributed by atoms with van der Waals surface area (Å²) >= 11 is 0. The van der Waals surface area contributed by atoms with Crippen LogP contribution in [0.5, 0.6) is 0 Å². The van der Waals surface area contributed by atoms with E-state index in [1.807, 2.05) is 37.3 Å². The van der Waals surface area contributed by atoms with Gasteiger partial charge >= 0.3 is 0 Å². The topological polar surface area (TPSA) is 54.5 Å². The van der Waals surface area contributed by atoms with E-state index in [4.69, 9.17) is 0 Å². The van der Waals surface area contributed by atoms with Crippen molar-refractivity contribution in [3.8, 4) is 11.8 Å². The molecule has 0 saturated heterocycles. The third kappa shape index (κ3) is 5.19. The fraction of sp³-hybridized carbons (Fsp3) is 0.261. The fourth-order valence-electron chi connectivity index (χ4n) is 3.05. The molecule has 0 amide bonds. The second-order valence-corrected chi connectivity index (χ2v) is 8.81. The maximum absolute atomic E-state index is 13.2. The van der Waals surface area contributed by atoms with Crippen LogP contribution in [0.2, 0.25) is 0 Å². The molecule has 0 atom stereocenters. The first kappa shape index (κ1) is 20.1. The Kier molecular flexibility index (Phi) is 6.45. The van der Waals surface area contributed by atoms with Gasteiger partial charge in [-0.3, -0.25) is 4.79 Å². The molecule has 0 saturated carbocycles. The molecule has 0 heterocycles. The Hall–Kier alpha value is -2.68. The molecule has 0 aromatic heterocycles. The molecule has 5 heteroatoms. The fourth-order valence-corrected chi connectivity index (χ4v) is 4.40. The number of ketones is 1. The molecule has 1 aliphatic rings. The number of carbonyl (C=O) groups excluding carboxylic acids is 1. The summed E-state index contributed by atoms with van der Waals surface area (Å²) in [6.07, 6.45) is 3.62. The van der Waals surface area contributed by atoms with Gasteiger partial charge in [0, 0.05) is 18.5 Å². The first-order valence-corrected chi connectivity index (χ1v) is 10.7. The summed E-state index contributed by atoms with van der Waals surface area (Å²) in [6, 6.07) is 16.3. The summed E-state index contributed by atoms with van der Waals surface area (Å²) in [5.41, 5.74) is 2.67. The van der Waals surface area contributed by atoms with E-state index < -0.39 is 10.0 Å². The molecule has 28 heavy (non-hydrogen) atoms. The van der Waals surface area contributed by atoms with Crippen LogP contribution in [0.25, 0.3) is 0 Å². The van der Waals surface area contributed by atoms with Gasteiger partial charge in [0.1, 0.15) is 0 Å². The maximum atomic E-state index is 13.2. The van der Waals surface area contributed by atoms with Crippen molar-refractivity contribution >= 4 is 15.8 Å². The van der Waals surface area contributed by atoms with Crippen molar-refractivity contribution in [3.63, 3.8) is 0 Å². The van der Waals surface area contributed by atoms with Crippen molar-refractivity contribution in [1.82, 2.24) is 4.31 Å². The van der Waals surface area contributed by atoms with Crippen LogP contribution in [0, 0.1) is 18.8 Å². The maximum Gasteiger partial charge on any atom is 0.244 e. The van der Waals surface area contributed by atoms with Crippen LogP contribution in [0.3, 0.4) is 0 Å². The molecule has 0 fully saturated rings. The van der Waals surface area contributed by atoms with Crippen LogP contribution in [-0.2, 0) is 14.8 Å². The summed E-state index contributed by atoms with van der Waals surface area (Å²) in [5.74, 6) is 6.05. The predicted octanol–water partition coefficient (Wildman–Crippen LogP) is 3.72. The van der Waals surface area contributed by atoms with Crippen molar-refractivity contribution < 1.29 is 13.2 Å². The molecule has 1 aliphatic carbocycles. The van der Waals surface area contributed by atoms with Gasteiger partial charge in [0.25, 0.3) is 0 Å². The van der Waals surface area contributed by atoms with Gasteiger partial charge < -0.3 is 0 Å². The van der Waals surface area contributed by atoms with Gasteiger partial charge in [-0.15, -0.1) is 0 Å². The van der Waals surface area contributed by atoms with Gasteiger partial charge in [-0.25, -0.2) is 8.42 Å². The number of hydrogen-bond donors (Lipinski definition) is 0. The van der Waals surface area contributed by atoms with E-state index in [9.17, 15) is 13.2 Å². The Labute approximate surface area is 166 Å². The Morgan fingerprint density at radius 1 is 1.00 bits per heavy atom. The summed E-state index contributed by atoms with van der Waals surface area (Å²) in [7, 11) is -3.71. The van der Waals surface area contributed by atoms with Gasteiger partial charge in [-0.1, -0.05) is 53.3 Å². The van der Waals surface area contributed by atoms with E-state index in [0.717, 1.165) is 29.5 Å². The van der Waals surface area contributed by atoms with Crippen LogP contribution in [0.1, 0.15) is 30.4 Å². The SMILES string of the molecule is Cc1ccc(S(=O)(=O)N(CC#Cc2ccccc2)CC2=CC(=O)CCC2)cc1. The summed E-state index contributed by atoms with van der Waals surface area (Å²) in [6.45, 7) is 2.17. The first-order valence-electron chi connectivity index (χ1n) is 9.28. The summed E-state index contributed by atoms with van der Waals surface area (Å²) in [4.78, 5) is 12.0. The van der Waals surface area contributed by atoms with Crippen LogP contribution in [-0.4, -0.2) is 31.6 Å². The second kappa shape index (κ2) is 9.01. The van der Waals surface area contributed by atoms with Gasteiger partial charge in [0.15, 0.2) is 5.78 Å². The molecule has 144 valence electrons. The lowest BCUT2D eigenvalue weighted by Crippen LogP contribution is -2.34. The number of nitrogens with zero attached hydrogens (tertiary/aromatic N) is 1. The van der Waals surface area contributed by atoms with Crippen LogP contribution < -0.4 is 0 Å². The summed E-state index contributed by atoms with van der Waals surface area (Å²) < 4.78 is 27.7. The zero-order chi connectivity index (χ0) is 20.0. The average Bonchev–Trinajstić information content (AvgIpc) is 2.68. The minimum atomic E-state index is -3.71. The second-order valence-electron chi connectivity index (χ2n) is 6.88. The Morgan fingerprint density at radius 3 is 2.39 bits per heavy atom. The number of rotatable bonds is 5. The van der Waals surface area contributed by atoms with Gasteiger partial charge in [-0.05, 0) is 50.1 Å². The molecule has 0 aliphatic heterocycles. The highest BCUT2D eigenvalue weighted by Crippen LogP contribution is 2.21. The molecule has 0 unspecified atom stereocenters. The molecular formula is C23H23NO3S. The molecule has 0 spiro atoms. The lowest BCUT2D eigenvalue weighted by atomic mass is 9.99. The van der Waals surface area contributed by atoms with Crippen LogP contribution >= 0.6 is 0 Å². The van der Waals surface area contributed by atoms with E-state index in [1.54, 1.807) is 30.3 Å². The molecule has 2 aromatic rings. The lowest BCUT2D eigenvalue weighted by Gasteiger charge is -2.23. The summed E-state index contributed by atoms with van der Waals surface area (Å²) in [5, 5.41) is 0. The van der Waals surface area contributed by atoms with Gasteiger partial charge in [-0.2, -0.15) is 4.31 Å². The number of aryl methyl sites for hydroxylation is 1. The Morgan fingerprint density at radius 2 is 1.71 bits per heavy atom. The lowest BCUT2D eigenvalue weighted by molar-refractivity contribution is -0.115. The standard InChI is InChI=1S/C23H23NO3S/c1-19-12-14-23(15-13-19)28(26,27)24(18-21-9-5-11-22(25)17-21)16-6-10-20-7-3-2-4-8-20/h2-4,7-8,12-15,17H,5,9,11,16,18H2,1H3. The van der Waals surface area contributed by atoms with Crippen molar-refractivity contribution in [2.75, 3.05) is 13.1 Å². The molecule has 0 bridgehead atoms. The van der Waals surface area contributed by atoms with E-state index >= 15 is 0 Å². The molecule has 4 nitrogen and oxygen atoms in total. The average molecular weight is 394 g/mol. The van der Waals surface area contributed by atoms with E-state index in [2.05, 4.69) is 11.8 Å². The highest BCUT2D eigenvalue weighted by atomic mass is 32.2. The molecular weight excluding hydrogens is 370 g/mol. The van der Waals surface area contributed by atoms with Crippen molar-refractivity contribution in [2.24, 2.45) is 0 Å². The number of sulfonamides is 1. The van der Waals surface area contributed by atoms with E-state index in [1.165, 1.54) is 4.31 Å². The molecule has 3 rings (SSSR count). The largest absolute Gasteiger partial charge is 0.295 e. The Balaban J connectivity index is 1.88. The molecule has 2 aromatic carbocycles. The molecule has 0 radical (unpaired) electrons. The van der Waals surface area contributed by atoms with Crippen LogP contribution in [0.15, 0.2) is 71.1 Å². The number of allylic oxidation sites excluding steroid dienone is 1. The van der Waals surface area contributed by atoms with Crippen molar-refractivity contribution in [2.45, 2.75) is 31.1 Å². The number of carbonyl (C=O) groups is 1. The highest BCUT2D eigenvalue weighted by Gasteiger charge is 2.25. The van der Waals surface area contributed by atoms with Gasteiger partial charge in [0.2, 0.25) is 10.0 Å². The van der Waals surface area contributed by atoms with Crippen molar-refractivity contribution in [3.05, 3.63) is 77.4 Å². The minimum absolute atomic E-state index is 0.0595.